The smallest absolute Gasteiger partial charge is 0.264 e. The summed E-state index contributed by atoms with van der Waals surface area (Å²) in [5.74, 6) is -2.39. The minimum atomic E-state index is -1.02. The Balaban J connectivity index is 2.00. The first-order valence-corrected chi connectivity index (χ1v) is 6.53. The van der Waals surface area contributed by atoms with Gasteiger partial charge in [-0.3, -0.25) is 29.4 Å². The van der Waals surface area contributed by atoms with E-state index in [4.69, 9.17) is 0 Å². The van der Waals surface area contributed by atoms with E-state index in [2.05, 4.69) is 10.5 Å². The van der Waals surface area contributed by atoms with Gasteiger partial charge in [0.05, 0.1) is 16.8 Å². The van der Waals surface area contributed by atoms with Gasteiger partial charge in [-0.05, 0) is 24.4 Å². The van der Waals surface area contributed by atoms with Gasteiger partial charge in [-0.2, -0.15) is 0 Å². The second-order valence-corrected chi connectivity index (χ2v) is 5.02. The van der Waals surface area contributed by atoms with Crippen molar-refractivity contribution in [2.75, 3.05) is 0 Å². The Kier molecular flexibility index (Phi) is 3.00. The molecule has 0 aromatic heterocycles. The van der Waals surface area contributed by atoms with E-state index >= 15 is 0 Å². The van der Waals surface area contributed by atoms with Crippen LogP contribution in [0.4, 0.5) is 0 Å². The molecule has 1 N–H and O–H groups in total. The quantitative estimate of drug-likeness (QED) is 0.563. The molecular weight excluding hydrogens is 278 g/mol. The third-order valence-electron chi connectivity index (χ3n) is 3.80. The highest BCUT2D eigenvalue weighted by atomic mass is 16.3. The van der Waals surface area contributed by atoms with Crippen LogP contribution in [0.3, 0.4) is 0 Å². The maximum Gasteiger partial charge on any atom is 0.264 e. The Bertz CT molecular complexity index is 661. The summed E-state index contributed by atoms with van der Waals surface area (Å²) in [7, 11) is 0. The van der Waals surface area contributed by atoms with E-state index in [1.807, 2.05) is 0 Å². The van der Waals surface area contributed by atoms with Crippen LogP contribution < -0.4 is 5.32 Å². The molecule has 8 heteroatoms. The highest BCUT2D eigenvalue weighted by molar-refractivity contribution is 6.26. The zero-order chi connectivity index (χ0) is 15.1. The maximum absolute atomic E-state index is 12.4. The monoisotopic (exact) mass is 289 g/mol. The summed E-state index contributed by atoms with van der Waals surface area (Å²) in [6, 6.07) is -1.02. The molecule has 1 atom stereocenters. The number of likely N-dealkylation sites (tertiary alicyclic amines) is 1. The molecule has 0 spiro atoms. The van der Waals surface area contributed by atoms with E-state index in [0.717, 1.165) is 4.90 Å². The van der Waals surface area contributed by atoms with Crippen LogP contribution in [0.1, 0.15) is 25.7 Å². The van der Waals surface area contributed by atoms with Crippen molar-refractivity contribution in [3.63, 3.8) is 0 Å². The highest BCUT2D eigenvalue weighted by Crippen LogP contribution is 2.36. The van der Waals surface area contributed by atoms with Crippen molar-refractivity contribution in [2.24, 2.45) is 5.18 Å². The number of hydrogen-bond acceptors (Lipinski definition) is 6. The Morgan fingerprint density at radius 1 is 1.14 bits per heavy atom. The van der Waals surface area contributed by atoms with Gasteiger partial charge in [0.2, 0.25) is 11.8 Å². The molecule has 2 fully saturated rings. The van der Waals surface area contributed by atoms with Crippen molar-refractivity contribution >= 4 is 23.6 Å². The molecule has 1 aliphatic carbocycles. The zero-order valence-electron chi connectivity index (χ0n) is 10.9. The molecule has 21 heavy (non-hydrogen) atoms. The third kappa shape index (κ3) is 1.91. The van der Waals surface area contributed by atoms with Crippen LogP contribution in [0, 0.1) is 4.91 Å². The van der Waals surface area contributed by atoms with Gasteiger partial charge in [0, 0.05) is 6.42 Å². The van der Waals surface area contributed by atoms with Gasteiger partial charge in [-0.25, -0.2) is 0 Å². The largest absolute Gasteiger partial charge is 0.295 e. The lowest BCUT2D eigenvalue weighted by molar-refractivity contribution is -0.149. The van der Waals surface area contributed by atoms with Crippen molar-refractivity contribution in [3.8, 4) is 0 Å². The minimum absolute atomic E-state index is 0.00838. The van der Waals surface area contributed by atoms with E-state index in [9.17, 15) is 24.1 Å². The van der Waals surface area contributed by atoms with Gasteiger partial charge < -0.3 is 0 Å². The van der Waals surface area contributed by atoms with Crippen molar-refractivity contribution in [2.45, 2.75) is 31.7 Å². The lowest BCUT2D eigenvalue weighted by atomic mass is 9.97. The van der Waals surface area contributed by atoms with Crippen LogP contribution in [0.25, 0.3) is 0 Å². The van der Waals surface area contributed by atoms with Crippen LogP contribution in [0.2, 0.25) is 0 Å². The molecule has 2 saturated heterocycles. The average Bonchev–Trinajstić information content (AvgIpc) is 2.72. The van der Waals surface area contributed by atoms with Crippen LogP contribution in [0.15, 0.2) is 28.1 Å². The Morgan fingerprint density at radius 3 is 2.57 bits per heavy atom. The molecule has 0 saturated carbocycles. The summed E-state index contributed by atoms with van der Waals surface area (Å²) in [6.07, 6.45) is 2.47. The molecule has 0 aromatic carbocycles. The van der Waals surface area contributed by atoms with Crippen LogP contribution >= 0.6 is 0 Å². The number of nitroso groups, excluding NO2 is 1. The molecule has 2 heterocycles. The first-order chi connectivity index (χ1) is 10.0. The molecule has 2 aliphatic heterocycles. The second kappa shape index (κ2) is 4.72. The fourth-order valence-electron chi connectivity index (χ4n) is 2.81. The summed E-state index contributed by atoms with van der Waals surface area (Å²) in [4.78, 5) is 59.3. The fraction of sp³-hybridized carbons (Fsp3) is 0.385. The molecule has 0 radical (unpaired) electrons. The zero-order valence-corrected chi connectivity index (χ0v) is 10.9. The van der Waals surface area contributed by atoms with Crippen molar-refractivity contribution in [1.82, 2.24) is 10.2 Å². The Morgan fingerprint density at radius 2 is 1.90 bits per heavy atom. The van der Waals surface area contributed by atoms with Crippen molar-refractivity contribution < 1.29 is 19.2 Å². The Hall–Kier alpha value is -2.64. The number of allylic oxidation sites excluding steroid dienone is 2. The number of nitrogens with one attached hydrogen (secondary N) is 1. The molecule has 1 unspecified atom stereocenters. The second-order valence-electron chi connectivity index (χ2n) is 5.02. The number of carbonyl (C=O) groups is 4. The van der Waals surface area contributed by atoms with Gasteiger partial charge in [0.25, 0.3) is 11.8 Å². The maximum atomic E-state index is 12.4. The molecule has 8 nitrogen and oxygen atoms in total. The summed E-state index contributed by atoms with van der Waals surface area (Å²) >= 11 is 0. The third-order valence-corrected chi connectivity index (χ3v) is 3.80. The molecule has 108 valence electrons. The fourth-order valence-corrected chi connectivity index (χ4v) is 2.81. The SMILES string of the molecule is O=NC1=C2C(=O)N(C3CCC(=O)NC3=O)C(=O)C2=CCC1. The lowest BCUT2D eigenvalue weighted by Gasteiger charge is -2.27. The van der Waals surface area contributed by atoms with Gasteiger partial charge >= 0.3 is 0 Å². The van der Waals surface area contributed by atoms with Gasteiger partial charge in [0.15, 0.2) is 0 Å². The van der Waals surface area contributed by atoms with Gasteiger partial charge in [-0.1, -0.05) is 6.08 Å². The topological polar surface area (TPSA) is 113 Å². The molecule has 3 rings (SSSR count). The van der Waals surface area contributed by atoms with Crippen LogP contribution in [0.5, 0.6) is 0 Å². The van der Waals surface area contributed by atoms with Crippen LogP contribution in [-0.4, -0.2) is 34.6 Å². The molecule has 3 aliphatic rings. The van der Waals surface area contributed by atoms with E-state index in [1.54, 1.807) is 6.08 Å². The summed E-state index contributed by atoms with van der Waals surface area (Å²) in [6.45, 7) is 0. The van der Waals surface area contributed by atoms with Crippen LogP contribution in [-0.2, 0) is 19.2 Å². The number of rotatable bonds is 2. The molecular formula is C13H11N3O5. The number of imide groups is 2. The van der Waals surface area contributed by atoms with Gasteiger partial charge in [-0.15, -0.1) is 4.91 Å². The number of hydrogen-bond donors (Lipinski definition) is 1. The summed E-state index contributed by atoms with van der Waals surface area (Å²) in [5, 5.41) is 4.93. The normalized spacial score (nSPS) is 25.8. The predicted octanol–water partition coefficient (Wildman–Crippen LogP) is -0.0989. The van der Waals surface area contributed by atoms with Gasteiger partial charge in [0.1, 0.15) is 6.04 Å². The summed E-state index contributed by atoms with van der Waals surface area (Å²) in [5.41, 5.74) is 0.164. The van der Waals surface area contributed by atoms with Crippen molar-refractivity contribution in [1.29, 1.82) is 0 Å². The Labute approximate surface area is 118 Å². The van der Waals surface area contributed by atoms with E-state index in [-0.39, 0.29) is 29.7 Å². The van der Waals surface area contributed by atoms with Crippen molar-refractivity contribution in [3.05, 3.63) is 27.8 Å². The van der Waals surface area contributed by atoms with E-state index in [1.165, 1.54) is 0 Å². The first-order valence-electron chi connectivity index (χ1n) is 6.53. The minimum Gasteiger partial charge on any atom is -0.295 e. The number of amides is 4. The number of nitrogens with zero attached hydrogens (tertiary/aromatic N) is 2. The number of piperidine rings is 1. The molecule has 4 amide bonds. The van der Waals surface area contributed by atoms with E-state index in [0.29, 0.717) is 12.8 Å². The summed E-state index contributed by atoms with van der Waals surface area (Å²) < 4.78 is 0. The standard InChI is InChI=1S/C13H11N3O5/c17-9-5-4-8(11(18)14-9)16-12(19)6-2-1-3-7(15-21)10(6)13(16)20/h2,8H,1,3-5H2,(H,14,17,18). The highest BCUT2D eigenvalue weighted by Gasteiger charge is 2.48. The average molecular weight is 289 g/mol. The number of carbonyl (C=O) groups excluding carboxylic acids is 4. The molecule has 0 aromatic rings. The first kappa shape index (κ1) is 13.3. The lowest BCUT2D eigenvalue weighted by Crippen LogP contribution is -2.54. The predicted molar refractivity (Wildman–Crippen MR) is 68.2 cm³/mol. The number of fused-ring (bicyclic) bond motifs is 1. The van der Waals surface area contributed by atoms with E-state index < -0.39 is 29.7 Å². The molecule has 0 bridgehead atoms.